The first-order valence-electron chi connectivity index (χ1n) is 8.75. The number of hydrogen-bond acceptors (Lipinski definition) is 6. The van der Waals surface area contributed by atoms with Gasteiger partial charge in [-0.25, -0.2) is 13.8 Å². The highest BCUT2D eigenvalue weighted by atomic mass is 19.3. The lowest BCUT2D eigenvalue weighted by Gasteiger charge is -2.13. The van der Waals surface area contributed by atoms with E-state index in [1.54, 1.807) is 18.5 Å². The minimum atomic E-state index is -2.89. The van der Waals surface area contributed by atoms with Gasteiger partial charge >= 0.3 is 0 Å². The fraction of sp³-hybridized carbons (Fsp3) is 0.200. The molecule has 0 radical (unpaired) electrons. The average Bonchev–Trinajstić information content (AvgIpc) is 3.33. The minimum Gasteiger partial charge on any atom is -0.416 e. The highest BCUT2D eigenvalue weighted by molar-refractivity contribution is 5.80. The van der Waals surface area contributed by atoms with Crippen LogP contribution in [0.4, 0.5) is 14.5 Å². The van der Waals surface area contributed by atoms with Crippen LogP contribution in [0.3, 0.4) is 0 Å². The Kier molecular flexibility index (Phi) is 4.47. The van der Waals surface area contributed by atoms with Crippen molar-refractivity contribution in [3.63, 3.8) is 0 Å². The molecule has 0 atom stereocenters. The number of hydrogen-bond donors (Lipinski definition) is 1. The Hall–Kier alpha value is -3.80. The fourth-order valence-corrected chi connectivity index (χ4v) is 2.89. The van der Waals surface area contributed by atoms with Crippen molar-refractivity contribution in [2.24, 2.45) is 7.05 Å². The van der Waals surface area contributed by atoms with E-state index in [-0.39, 0.29) is 11.5 Å². The van der Waals surface area contributed by atoms with Crippen LogP contribution in [0.5, 0.6) is 0 Å². The van der Waals surface area contributed by atoms with Crippen LogP contribution in [-0.4, -0.2) is 32.2 Å². The maximum Gasteiger partial charge on any atom is 0.262 e. The van der Waals surface area contributed by atoms with E-state index in [1.807, 2.05) is 35.9 Å². The van der Waals surface area contributed by atoms with Crippen LogP contribution in [0.15, 0.2) is 47.1 Å². The Morgan fingerprint density at radius 2 is 1.83 bits per heavy atom. The number of aryl methyl sites for hydroxylation is 1. The van der Waals surface area contributed by atoms with Gasteiger partial charge in [0.15, 0.2) is 0 Å². The number of halogens is 2. The summed E-state index contributed by atoms with van der Waals surface area (Å²) in [7, 11) is 1.89. The molecule has 0 bridgehead atoms. The molecule has 9 heteroatoms. The maximum atomic E-state index is 13.1. The molecule has 2 heterocycles. The van der Waals surface area contributed by atoms with Gasteiger partial charge in [0.2, 0.25) is 11.8 Å². The summed E-state index contributed by atoms with van der Waals surface area (Å²) in [5, 5.41) is 20.1. The van der Waals surface area contributed by atoms with Crippen molar-refractivity contribution in [3.8, 4) is 29.0 Å². The average molecular weight is 394 g/mol. The summed E-state index contributed by atoms with van der Waals surface area (Å²) >= 11 is 0. The van der Waals surface area contributed by atoms with Gasteiger partial charge in [0.1, 0.15) is 6.07 Å². The zero-order valence-electron chi connectivity index (χ0n) is 15.6. The van der Waals surface area contributed by atoms with Crippen LogP contribution < -0.4 is 5.32 Å². The van der Waals surface area contributed by atoms with Crippen molar-refractivity contribution in [2.75, 3.05) is 11.9 Å². The summed E-state index contributed by atoms with van der Waals surface area (Å²) in [6, 6.07) is 12.3. The van der Waals surface area contributed by atoms with E-state index in [2.05, 4.69) is 20.5 Å². The number of imidazole rings is 1. The van der Waals surface area contributed by atoms with E-state index in [1.165, 1.54) is 6.07 Å². The maximum absolute atomic E-state index is 13.1. The summed E-state index contributed by atoms with van der Waals surface area (Å²) in [5.41, 5.74) is 3.58. The molecule has 0 spiro atoms. The first-order valence-corrected chi connectivity index (χ1v) is 8.75. The molecule has 0 unspecified atom stereocenters. The van der Waals surface area contributed by atoms with Gasteiger partial charge in [-0.15, -0.1) is 10.2 Å². The van der Waals surface area contributed by atoms with Crippen LogP contribution >= 0.6 is 0 Å². The van der Waals surface area contributed by atoms with E-state index < -0.39 is 12.5 Å². The number of benzene rings is 2. The number of nitriles is 1. The Labute approximate surface area is 164 Å². The third-order valence-corrected chi connectivity index (χ3v) is 4.37. The summed E-state index contributed by atoms with van der Waals surface area (Å²) < 4.78 is 33.8. The largest absolute Gasteiger partial charge is 0.416 e. The van der Waals surface area contributed by atoms with Crippen LogP contribution in [0.25, 0.3) is 33.9 Å². The molecule has 29 heavy (non-hydrogen) atoms. The lowest BCUT2D eigenvalue weighted by molar-refractivity contribution is 0.0368. The predicted octanol–water partition coefficient (Wildman–Crippen LogP) is 4.23. The summed E-state index contributed by atoms with van der Waals surface area (Å²) in [5.74, 6) is -2.33. The van der Waals surface area contributed by atoms with Gasteiger partial charge in [-0.2, -0.15) is 5.26 Å². The number of alkyl halides is 2. The summed E-state index contributed by atoms with van der Waals surface area (Å²) in [6.45, 7) is 0.242. The second kappa shape index (κ2) is 6.98. The fourth-order valence-electron chi connectivity index (χ4n) is 2.89. The molecule has 4 aromatic rings. The molecule has 4 rings (SSSR count). The molecule has 0 fully saturated rings. The van der Waals surface area contributed by atoms with Gasteiger partial charge in [-0.05, 0) is 36.4 Å². The second-order valence-electron chi connectivity index (χ2n) is 6.77. The molecule has 0 aliphatic rings. The Morgan fingerprint density at radius 1 is 1.14 bits per heavy atom. The molecule has 0 aliphatic heterocycles. The molecule has 146 valence electrons. The smallest absolute Gasteiger partial charge is 0.262 e. The first kappa shape index (κ1) is 18.6. The van der Waals surface area contributed by atoms with E-state index in [0.717, 1.165) is 23.5 Å². The normalized spacial score (nSPS) is 11.6. The lowest BCUT2D eigenvalue weighted by atomic mass is 10.1. The highest BCUT2D eigenvalue weighted by Crippen LogP contribution is 2.28. The van der Waals surface area contributed by atoms with Crippen LogP contribution in [0.1, 0.15) is 12.5 Å². The predicted molar refractivity (Wildman–Crippen MR) is 103 cm³/mol. The van der Waals surface area contributed by atoms with Crippen molar-refractivity contribution < 1.29 is 13.2 Å². The van der Waals surface area contributed by atoms with Crippen LogP contribution in [0, 0.1) is 11.3 Å². The van der Waals surface area contributed by atoms with Crippen LogP contribution in [-0.2, 0) is 7.05 Å². The van der Waals surface area contributed by atoms with E-state index in [4.69, 9.17) is 4.42 Å². The van der Waals surface area contributed by atoms with Gasteiger partial charge in [0, 0.05) is 25.1 Å². The molecular formula is C20H16F2N6O. The standard InChI is InChI=1S/C20H16F2N6O/c1-20(21,22)10-24-15-5-3-12(7-14(15)9-23)18-26-27-19(29-18)13-4-6-16-17(8-13)28(2)11-25-16/h3-8,11,24H,10H2,1-2H3. The number of nitrogens with zero attached hydrogens (tertiary/aromatic N) is 5. The van der Waals surface area contributed by atoms with Crippen molar-refractivity contribution in [1.82, 2.24) is 19.7 Å². The molecule has 0 saturated heterocycles. The first-order chi connectivity index (χ1) is 13.8. The Morgan fingerprint density at radius 3 is 2.52 bits per heavy atom. The van der Waals surface area contributed by atoms with Crippen molar-refractivity contribution in [1.29, 1.82) is 5.26 Å². The zero-order chi connectivity index (χ0) is 20.6. The molecule has 2 aromatic heterocycles. The molecule has 1 N–H and O–H groups in total. The van der Waals surface area contributed by atoms with Gasteiger partial charge in [0.25, 0.3) is 5.92 Å². The van der Waals surface area contributed by atoms with Gasteiger partial charge in [-0.3, -0.25) is 0 Å². The topological polar surface area (TPSA) is 92.6 Å². The molecule has 0 amide bonds. The molecular weight excluding hydrogens is 378 g/mol. The highest BCUT2D eigenvalue weighted by Gasteiger charge is 2.21. The van der Waals surface area contributed by atoms with E-state index in [0.29, 0.717) is 17.1 Å². The lowest BCUT2D eigenvalue weighted by Crippen LogP contribution is -2.23. The van der Waals surface area contributed by atoms with Gasteiger partial charge in [-0.1, -0.05) is 0 Å². The SMILES string of the molecule is Cn1cnc2ccc(-c3nnc(-c4ccc(NCC(C)(F)F)c(C#N)c4)o3)cc21. The van der Waals surface area contributed by atoms with E-state index >= 15 is 0 Å². The minimum absolute atomic E-state index is 0.211. The number of anilines is 1. The van der Waals surface area contributed by atoms with Crippen molar-refractivity contribution in [2.45, 2.75) is 12.8 Å². The number of fused-ring (bicyclic) bond motifs is 1. The monoisotopic (exact) mass is 394 g/mol. The van der Waals surface area contributed by atoms with Crippen molar-refractivity contribution >= 4 is 16.7 Å². The van der Waals surface area contributed by atoms with Crippen LogP contribution in [0.2, 0.25) is 0 Å². The molecule has 2 aromatic carbocycles. The zero-order valence-corrected chi connectivity index (χ0v) is 15.6. The second-order valence-corrected chi connectivity index (χ2v) is 6.77. The number of nitrogens with one attached hydrogen (secondary N) is 1. The third-order valence-electron chi connectivity index (χ3n) is 4.37. The molecule has 0 aliphatic carbocycles. The Bertz CT molecular complexity index is 1230. The van der Waals surface area contributed by atoms with Gasteiger partial charge < -0.3 is 14.3 Å². The van der Waals surface area contributed by atoms with Gasteiger partial charge in [0.05, 0.1) is 35.2 Å². The Balaban J connectivity index is 1.63. The summed E-state index contributed by atoms with van der Waals surface area (Å²) in [4.78, 5) is 4.28. The number of rotatable bonds is 5. The molecule has 7 nitrogen and oxygen atoms in total. The summed E-state index contributed by atoms with van der Waals surface area (Å²) in [6.07, 6.45) is 1.72. The molecule has 0 saturated carbocycles. The third kappa shape index (κ3) is 3.78. The quantitative estimate of drug-likeness (QED) is 0.545. The van der Waals surface area contributed by atoms with E-state index in [9.17, 15) is 14.0 Å². The van der Waals surface area contributed by atoms with Crippen molar-refractivity contribution in [3.05, 3.63) is 48.3 Å². The number of aromatic nitrogens is 4.